The van der Waals surface area contributed by atoms with E-state index in [2.05, 4.69) is 10.1 Å². The van der Waals surface area contributed by atoms with Gasteiger partial charge in [0.05, 0.1) is 19.3 Å². The summed E-state index contributed by atoms with van der Waals surface area (Å²) in [6, 6.07) is 5.35. The lowest BCUT2D eigenvalue weighted by atomic mass is 10.1. The number of ether oxygens (including phenoxy) is 2. The number of hydrogen-bond donors (Lipinski definition) is 2. The summed E-state index contributed by atoms with van der Waals surface area (Å²) in [6.07, 6.45) is -0.954. The number of methoxy groups -OCH3 is 1. The number of alkyl carbamates (subject to hydrolysis) is 1. The maximum absolute atomic E-state index is 12.8. The minimum absolute atomic E-state index is 0.00145. The van der Waals surface area contributed by atoms with Crippen molar-refractivity contribution in [1.82, 2.24) is 5.32 Å². The number of rotatable bonds is 5. The van der Waals surface area contributed by atoms with E-state index in [0.717, 1.165) is 29.6 Å². The standard InChI is InChI=1S/C20H22N2O6S/c1-6-28-19(25)15-12(4)14(17(24)22-20(26)27-5)18(29-15)21-16(23)13-8-7-10(2)9-11(13)3/h7-9H,6H2,1-5H3,(H,21,23)(H,22,24,26). The average molecular weight is 418 g/mol. The summed E-state index contributed by atoms with van der Waals surface area (Å²) in [5, 5.41) is 4.86. The molecule has 0 spiro atoms. The molecule has 0 atom stereocenters. The van der Waals surface area contributed by atoms with Crippen LogP contribution in [-0.4, -0.2) is 37.6 Å². The second-order valence-corrected chi connectivity index (χ2v) is 7.22. The molecule has 29 heavy (non-hydrogen) atoms. The number of carbonyl (C=O) groups is 4. The number of thiophene rings is 1. The van der Waals surface area contributed by atoms with Crippen molar-refractivity contribution in [3.05, 3.63) is 50.9 Å². The molecule has 2 N–H and O–H groups in total. The van der Waals surface area contributed by atoms with Gasteiger partial charge in [0.2, 0.25) is 0 Å². The Bertz CT molecular complexity index is 980. The SMILES string of the molecule is CCOC(=O)c1sc(NC(=O)c2ccc(C)cc2C)c(C(=O)NC(=O)OC)c1C. The smallest absolute Gasteiger partial charge is 0.413 e. The summed E-state index contributed by atoms with van der Waals surface area (Å²) in [7, 11) is 1.12. The second-order valence-electron chi connectivity index (χ2n) is 6.20. The molecule has 2 rings (SSSR count). The van der Waals surface area contributed by atoms with Gasteiger partial charge in [-0.3, -0.25) is 14.9 Å². The van der Waals surface area contributed by atoms with E-state index in [-0.39, 0.29) is 22.0 Å². The van der Waals surface area contributed by atoms with Crippen molar-refractivity contribution in [3.63, 3.8) is 0 Å². The summed E-state index contributed by atoms with van der Waals surface area (Å²) < 4.78 is 9.46. The van der Waals surface area contributed by atoms with Crippen LogP contribution in [0.15, 0.2) is 18.2 Å². The largest absolute Gasteiger partial charge is 0.462 e. The number of anilines is 1. The molecule has 1 aromatic heterocycles. The van der Waals surface area contributed by atoms with Crippen LogP contribution in [0.5, 0.6) is 0 Å². The normalized spacial score (nSPS) is 10.2. The molecule has 0 bridgehead atoms. The van der Waals surface area contributed by atoms with Crippen molar-refractivity contribution in [1.29, 1.82) is 0 Å². The molecule has 0 saturated carbocycles. The van der Waals surface area contributed by atoms with Gasteiger partial charge in [-0.1, -0.05) is 17.7 Å². The molecule has 2 aromatic rings. The van der Waals surface area contributed by atoms with Gasteiger partial charge in [0.25, 0.3) is 11.8 Å². The highest BCUT2D eigenvalue weighted by Crippen LogP contribution is 2.34. The minimum atomic E-state index is -0.954. The van der Waals surface area contributed by atoms with Gasteiger partial charge in [-0.15, -0.1) is 11.3 Å². The third kappa shape index (κ3) is 5.00. The van der Waals surface area contributed by atoms with E-state index in [1.165, 1.54) is 0 Å². The molecule has 154 valence electrons. The molecule has 0 saturated heterocycles. The highest BCUT2D eigenvalue weighted by Gasteiger charge is 2.28. The number of hydrogen-bond acceptors (Lipinski definition) is 7. The topological polar surface area (TPSA) is 111 Å². The molecule has 8 nitrogen and oxygen atoms in total. The van der Waals surface area contributed by atoms with Crippen molar-refractivity contribution < 1.29 is 28.7 Å². The van der Waals surface area contributed by atoms with Crippen LogP contribution < -0.4 is 10.6 Å². The van der Waals surface area contributed by atoms with Crippen molar-refractivity contribution in [2.24, 2.45) is 0 Å². The van der Waals surface area contributed by atoms with E-state index in [9.17, 15) is 19.2 Å². The Morgan fingerprint density at radius 2 is 1.76 bits per heavy atom. The molecular weight excluding hydrogens is 396 g/mol. The zero-order valence-electron chi connectivity index (χ0n) is 16.8. The van der Waals surface area contributed by atoms with Gasteiger partial charge in [0.15, 0.2) is 0 Å². The molecule has 0 aliphatic heterocycles. The van der Waals surface area contributed by atoms with Gasteiger partial charge in [0.1, 0.15) is 9.88 Å². The quantitative estimate of drug-likeness (QED) is 0.718. The fourth-order valence-electron chi connectivity index (χ4n) is 2.71. The van der Waals surface area contributed by atoms with Crippen LogP contribution in [0.4, 0.5) is 9.80 Å². The predicted molar refractivity (Wildman–Crippen MR) is 109 cm³/mol. The van der Waals surface area contributed by atoms with Crippen LogP contribution in [0.1, 0.15) is 54.0 Å². The Morgan fingerprint density at radius 1 is 1.07 bits per heavy atom. The summed E-state index contributed by atoms with van der Waals surface area (Å²) >= 11 is 0.910. The Kier molecular flexibility index (Phi) is 7.11. The third-order valence-electron chi connectivity index (χ3n) is 4.09. The van der Waals surface area contributed by atoms with Gasteiger partial charge < -0.3 is 14.8 Å². The first kappa shape index (κ1) is 22.1. The minimum Gasteiger partial charge on any atom is -0.462 e. The number of amides is 3. The van der Waals surface area contributed by atoms with E-state index in [1.807, 2.05) is 18.3 Å². The van der Waals surface area contributed by atoms with Gasteiger partial charge in [-0.25, -0.2) is 9.59 Å². The molecule has 1 aromatic carbocycles. The number of esters is 1. The van der Waals surface area contributed by atoms with Gasteiger partial charge in [-0.2, -0.15) is 0 Å². The summed E-state index contributed by atoms with van der Waals surface area (Å²) in [5.74, 6) is -1.85. The van der Waals surface area contributed by atoms with Gasteiger partial charge >= 0.3 is 12.1 Å². The fourth-order valence-corrected chi connectivity index (χ4v) is 3.80. The van der Waals surface area contributed by atoms with Crippen LogP contribution in [-0.2, 0) is 9.47 Å². The van der Waals surface area contributed by atoms with Crippen molar-refractivity contribution >= 4 is 40.2 Å². The second kappa shape index (κ2) is 9.33. The Hall–Kier alpha value is -3.20. The molecular formula is C20H22N2O6S. The number of aryl methyl sites for hydroxylation is 2. The number of nitrogens with one attached hydrogen (secondary N) is 2. The van der Waals surface area contributed by atoms with Crippen LogP contribution >= 0.6 is 11.3 Å². The summed E-state index contributed by atoms with van der Waals surface area (Å²) in [5.41, 5.74) is 2.50. The molecule has 0 fully saturated rings. The first-order valence-corrected chi connectivity index (χ1v) is 9.59. The third-order valence-corrected chi connectivity index (χ3v) is 5.28. The molecule has 3 amide bonds. The lowest BCUT2D eigenvalue weighted by Crippen LogP contribution is -2.31. The van der Waals surface area contributed by atoms with E-state index in [4.69, 9.17) is 4.74 Å². The highest BCUT2D eigenvalue weighted by atomic mass is 32.1. The lowest BCUT2D eigenvalue weighted by Gasteiger charge is -2.09. The maximum Gasteiger partial charge on any atom is 0.413 e. The Morgan fingerprint density at radius 3 is 2.34 bits per heavy atom. The van der Waals surface area contributed by atoms with Gasteiger partial charge in [-0.05, 0) is 44.9 Å². The summed E-state index contributed by atoms with van der Waals surface area (Å²) in [6.45, 7) is 7.08. The van der Waals surface area contributed by atoms with E-state index < -0.39 is 23.9 Å². The Labute approximate surface area is 172 Å². The zero-order valence-corrected chi connectivity index (χ0v) is 17.6. The van der Waals surface area contributed by atoms with Crippen LogP contribution in [0, 0.1) is 20.8 Å². The molecule has 0 aliphatic rings. The van der Waals surface area contributed by atoms with Crippen molar-refractivity contribution in [2.45, 2.75) is 27.7 Å². The monoisotopic (exact) mass is 418 g/mol. The number of imide groups is 1. The number of benzene rings is 1. The molecule has 1 heterocycles. The molecule has 0 unspecified atom stereocenters. The average Bonchev–Trinajstić information content (AvgIpc) is 2.97. The fraction of sp³-hybridized carbons (Fsp3) is 0.300. The van der Waals surface area contributed by atoms with Crippen molar-refractivity contribution in [2.75, 3.05) is 19.0 Å². The first-order valence-electron chi connectivity index (χ1n) is 8.78. The lowest BCUT2D eigenvalue weighted by molar-refractivity contribution is 0.0531. The first-order chi connectivity index (χ1) is 13.7. The van der Waals surface area contributed by atoms with Crippen LogP contribution in [0.25, 0.3) is 0 Å². The van der Waals surface area contributed by atoms with E-state index in [0.29, 0.717) is 11.1 Å². The predicted octanol–water partition coefficient (Wildman–Crippen LogP) is 3.60. The van der Waals surface area contributed by atoms with Crippen LogP contribution in [0.3, 0.4) is 0 Å². The zero-order chi connectivity index (χ0) is 21.7. The molecule has 0 radical (unpaired) electrons. The molecule has 0 aliphatic carbocycles. The van der Waals surface area contributed by atoms with E-state index >= 15 is 0 Å². The van der Waals surface area contributed by atoms with E-state index in [1.54, 1.807) is 32.9 Å². The summed E-state index contributed by atoms with van der Waals surface area (Å²) in [4.78, 5) is 49.2. The maximum atomic E-state index is 12.8. The van der Waals surface area contributed by atoms with Crippen molar-refractivity contribution in [3.8, 4) is 0 Å². The highest BCUT2D eigenvalue weighted by molar-refractivity contribution is 7.18. The molecule has 9 heteroatoms. The Balaban J connectivity index is 2.46. The number of carbonyl (C=O) groups excluding carboxylic acids is 4. The van der Waals surface area contributed by atoms with Gasteiger partial charge in [0, 0.05) is 5.56 Å². The van der Waals surface area contributed by atoms with Crippen LogP contribution in [0.2, 0.25) is 0 Å².